The maximum Gasteiger partial charge on any atom is 0.114 e. The summed E-state index contributed by atoms with van der Waals surface area (Å²) in [6, 6.07) is 8.02. The zero-order valence-electron chi connectivity index (χ0n) is 10.0. The van der Waals surface area contributed by atoms with E-state index in [1.807, 2.05) is 36.6 Å². The van der Waals surface area contributed by atoms with Crippen LogP contribution in [0, 0.1) is 6.92 Å². The van der Waals surface area contributed by atoms with Gasteiger partial charge in [0.25, 0.3) is 0 Å². The molecule has 0 bridgehead atoms. The van der Waals surface area contributed by atoms with E-state index in [-0.39, 0.29) is 6.04 Å². The number of methoxy groups -OCH3 is 1. The molecule has 0 saturated carbocycles. The van der Waals surface area contributed by atoms with Crippen molar-refractivity contribution in [3.8, 4) is 0 Å². The van der Waals surface area contributed by atoms with E-state index in [2.05, 4.69) is 4.98 Å². The lowest BCUT2D eigenvalue weighted by Gasteiger charge is -2.09. The van der Waals surface area contributed by atoms with Gasteiger partial charge in [-0.3, -0.25) is 0 Å². The van der Waals surface area contributed by atoms with Gasteiger partial charge >= 0.3 is 0 Å². The number of aryl methyl sites for hydroxylation is 1. The van der Waals surface area contributed by atoms with Gasteiger partial charge in [-0.25, -0.2) is 4.98 Å². The molecule has 0 aliphatic rings. The van der Waals surface area contributed by atoms with E-state index in [1.54, 1.807) is 18.4 Å². The van der Waals surface area contributed by atoms with Gasteiger partial charge in [0.15, 0.2) is 0 Å². The van der Waals surface area contributed by atoms with Crippen molar-refractivity contribution in [1.82, 2.24) is 4.98 Å². The second-order valence-electron chi connectivity index (χ2n) is 3.98. The highest BCUT2D eigenvalue weighted by Crippen LogP contribution is 2.23. The summed E-state index contributed by atoms with van der Waals surface area (Å²) in [6.07, 6.45) is 0. The Morgan fingerprint density at radius 1 is 1.35 bits per heavy atom. The standard InChI is InChI=1S/C13H16N2OS/c1-9-8-17-13(15-9)12(14)11-5-3-10(4-6-11)7-16-2/h3-6,8,12H,7,14H2,1-2H3. The quantitative estimate of drug-likeness (QED) is 0.905. The van der Waals surface area contributed by atoms with Crippen molar-refractivity contribution in [1.29, 1.82) is 0 Å². The fourth-order valence-electron chi connectivity index (χ4n) is 1.65. The van der Waals surface area contributed by atoms with Crippen LogP contribution in [0.4, 0.5) is 0 Å². The molecule has 4 heteroatoms. The SMILES string of the molecule is COCc1ccc(C(N)c2nc(C)cs2)cc1. The van der Waals surface area contributed by atoms with Crippen LogP contribution < -0.4 is 5.73 Å². The monoisotopic (exact) mass is 248 g/mol. The van der Waals surface area contributed by atoms with Gasteiger partial charge in [0.2, 0.25) is 0 Å². The highest BCUT2D eigenvalue weighted by atomic mass is 32.1. The number of hydrogen-bond donors (Lipinski definition) is 1. The van der Waals surface area contributed by atoms with Crippen LogP contribution in [0.15, 0.2) is 29.6 Å². The number of thiazole rings is 1. The molecular formula is C13H16N2OS. The van der Waals surface area contributed by atoms with Crippen LogP contribution in [0.1, 0.15) is 27.9 Å². The Labute approximate surface area is 105 Å². The summed E-state index contributed by atoms with van der Waals surface area (Å²) >= 11 is 1.61. The van der Waals surface area contributed by atoms with Crippen molar-refractivity contribution in [2.45, 2.75) is 19.6 Å². The maximum absolute atomic E-state index is 6.17. The first-order valence-electron chi connectivity index (χ1n) is 5.46. The van der Waals surface area contributed by atoms with Gasteiger partial charge in [0, 0.05) is 18.2 Å². The third-order valence-corrected chi connectivity index (χ3v) is 3.60. The molecule has 1 aromatic carbocycles. The number of hydrogen-bond acceptors (Lipinski definition) is 4. The van der Waals surface area contributed by atoms with Crippen LogP contribution in [0.2, 0.25) is 0 Å². The highest BCUT2D eigenvalue weighted by molar-refractivity contribution is 7.09. The second kappa shape index (κ2) is 5.40. The lowest BCUT2D eigenvalue weighted by atomic mass is 10.1. The largest absolute Gasteiger partial charge is 0.380 e. The van der Waals surface area contributed by atoms with Crippen LogP contribution in [0.5, 0.6) is 0 Å². The van der Waals surface area contributed by atoms with E-state index in [1.165, 1.54) is 0 Å². The molecule has 2 aromatic rings. The lowest BCUT2D eigenvalue weighted by Crippen LogP contribution is -2.11. The molecule has 1 atom stereocenters. The summed E-state index contributed by atoms with van der Waals surface area (Å²) in [5.41, 5.74) is 9.43. The van der Waals surface area contributed by atoms with Crippen LogP contribution in [-0.2, 0) is 11.3 Å². The molecule has 2 N–H and O–H groups in total. The minimum absolute atomic E-state index is 0.134. The van der Waals surface area contributed by atoms with Crippen LogP contribution in [-0.4, -0.2) is 12.1 Å². The third kappa shape index (κ3) is 2.91. The summed E-state index contributed by atoms with van der Waals surface area (Å²) in [7, 11) is 1.69. The number of nitrogens with zero attached hydrogens (tertiary/aromatic N) is 1. The van der Waals surface area contributed by atoms with E-state index in [0.29, 0.717) is 6.61 Å². The first-order valence-corrected chi connectivity index (χ1v) is 6.34. The topological polar surface area (TPSA) is 48.1 Å². The van der Waals surface area contributed by atoms with Crippen molar-refractivity contribution in [2.75, 3.05) is 7.11 Å². The van der Waals surface area contributed by atoms with E-state index in [0.717, 1.165) is 21.8 Å². The summed E-state index contributed by atoms with van der Waals surface area (Å²) in [5, 5.41) is 2.98. The number of nitrogens with two attached hydrogens (primary N) is 1. The Hall–Kier alpha value is -1.23. The minimum atomic E-state index is -0.134. The Morgan fingerprint density at radius 2 is 2.06 bits per heavy atom. The first kappa shape index (κ1) is 12.2. The maximum atomic E-state index is 6.17. The Bertz CT molecular complexity index is 478. The van der Waals surface area contributed by atoms with Crippen molar-refractivity contribution in [3.63, 3.8) is 0 Å². The van der Waals surface area contributed by atoms with Gasteiger partial charge in [0.1, 0.15) is 5.01 Å². The van der Waals surface area contributed by atoms with Crippen LogP contribution in [0.3, 0.4) is 0 Å². The van der Waals surface area contributed by atoms with Gasteiger partial charge in [-0.05, 0) is 18.1 Å². The summed E-state index contributed by atoms with van der Waals surface area (Å²) in [4.78, 5) is 4.41. The average Bonchev–Trinajstić information content (AvgIpc) is 2.76. The zero-order chi connectivity index (χ0) is 12.3. The van der Waals surface area contributed by atoms with Crippen LogP contribution in [0.25, 0.3) is 0 Å². The Balaban J connectivity index is 2.16. The molecule has 90 valence electrons. The molecular weight excluding hydrogens is 232 g/mol. The van der Waals surface area contributed by atoms with Gasteiger partial charge in [-0.15, -0.1) is 11.3 Å². The molecule has 2 rings (SSSR count). The predicted molar refractivity (Wildman–Crippen MR) is 70.0 cm³/mol. The molecule has 17 heavy (non-hydrogen) atoms. The number of benzene rings is 1. The van der Waals surface area contributed by atoms with Gasteiger partial charge in [-0.2, -0.15) is 0 Å². The number of aromatic nitrogens is 1. The van der Waals surface area contributed by atoms with Crippen molar-refractivity contribution < 1.29 is 4.74 Å². The second-order valence-corrected chi connectivity index (χ2v) is 4.87. The fourth-order valence-corrected chi connectivity index (χ4v) is 2.47. The van der Waals surface area contributed by atoms with Crippen molar-refractivity contribution in [3.05, 3.63) is 51.5 Å². The number of ether oxygens (including phenoxy) is 1. The number of rotatable bonds is 4. The van der Waals surface area contributed by atoms with E-state index >= 15 is 0 Å². The van der Waals surface area contributed by atoms with E-state index in [4.69, 9.17) is 10.5 Å². The molecule has 0 saturated heterocycles. The molecule has 0 amide bonds. The summed E-state index contributed by atoms with van der Waals surface area (Å²) in [6.45, 7) is 2.61. The van der Waals surface area contributed by atoms with E-state index in [9.17, 15) is 0 Å². The van der Waals surface area contributed by atoms with Gasteiger partial charge in [0.05, 0.1) is 12.6 Å². The third-order valence-electron chi connectivity index (χ3n) is 2.55. The Morgan fingerprint density at radius 3 is 2.59 bits per heavy atom. The molecule has 0 fully saturated rings. The smallest absolute Gasteiger partial charge is 0.114 e. The van der Waals surface area contributed by atoms with Gasteiger partial charge < -0.3 is 10.5 Å². The van der Waals surface area contributed by atoms with Crippen molar-refractivity contribution >= 4 is 11.3 Å². The first-order chi connectivity index (χ1) is 8.20. The molecule has 0 spiro atoms. The molecule has 3 nitrogen and oxygen atoms in total. The molecule has 0 radical (unpaired) electrons. The molecule has 1 unspecified atom stereocenters. The molecule has 0 aliphatic carbocycles. The molecule has 0 aliphatic heterocycles. The highest BCUT2D eigenvalue weighted by Gasteiger charge is 2.12. The molecule has 1 aromatic heterocycles. The zero-order valence-corrected chi connectivity index (χ0v) is 10.8. The Kier molecular flexibility index (Phi) is 3.89. The predicted octanol–water partition coefficient (Wildman–Crippen LogP) is 2.65. The average molecular weight is 248 g/mol. The van der Waals surface area contributed by atoms with Crippen LogP contribution >= 0.6 is 11.3 Å². The minimum Gasteiger partial charge on any atom is -0.380 e. The summed E-state index contributed by atoms with van der Waals surface area (Å²) < 4.78 is 5.07. The lowest BCUT2D eigenvalue weighted by molar-refractivity contribution is 0.185. The van der Waals surface area contributed by atoms with E-state index < -0.39 is 0 Å². The van der Waals surface area contributed by atoms with Gasteiger partial charge in [-0.1, -0.05) is 24.3 Å². The fraction of sp³-hybridized carbons (Fsp3) is 0.308. The normalized spacial score (nSPS) is 12.6. The van der Waals surface area contributed by atoms with Crippen molar-refractivity contribution in [2.24, 2.45) is 5.73 Å². The summed E-state index contributed by atoms with van der Waals surface area (Å²) in [5.74, 6) is 0. The molecule has 1 heterocycles.